The Kier molecular flexibility index (Phi) is 8.01. The monoisotopic (exact) mass is 566 g/mol. The number of hydrogen-bond acceptors (Lipinski definition) is 5. The van der Waals surface area contributed by atoms with E-state index in [4.69, 9.17) is 11.6 Å². The van der Waals surface area contributed by atoms with Crippen molar-refractivity contribution in [2.75, 3.05) is 24.3 Å². The largest absolute Gasteiger partial charge is 0.453 e. The van der Waals surface area contributed by atoms with Gasteiger partial charge < -0.3 is 25.3 Å². The van der Waals surface area contributed by atoms with Gasteiger partial charge in [0, 0.05) is 29.8 Å². The third kappa shape index (κ3) is 5.79. The smallest absolute Gasteiger partial charge is 0.411 e. The van der Waals surface area contributed by atoms with E-state index in [0.29, 0.717) is 59.8 Å². The SMILES string of the molecule is COC(=O)Nc1ccc2c(c1)NC(=O)CC/C=C/CC(N1CC[C@H](c3cccc(Cl)c3F)NC1=O)c1ncc-2[nH]1. The van der Waals surface area contributed by atoms with E-state index < -0.39 is 24.0 Å². The molecule has 0 aliphatic carbocycles. The number of H-pyrrole nitrogens is 1. The standard InChI is InChI=1S/C28H28ClFN6O4/c1-40-28(39)32-16-10-11-17-21(14-16)33-24(37)9-4-2-3-8-23(26-31-15-22(17)34-26)36-13-12-20(35-27(36)38)18-6-5-7-19(29)25(18)30/h2-3,5-7,10-11,14-15,20,23H,4,8-9,12-13H2,1H3,(H,31,34)(H,32,39)(H,33,37)(H,35,38)/b3-2+/t20-,23?/m1/s1. The highest BCUT2D eigenvalue weighted by Crippen LogP contribution is 2.35. The van der Waals surface area contributed by atoms with Gasteiger partial charge in [-0.25, -0.2) is 19.0 Å². The average molecular weight is 567 g/mol. The topological polar surface area (TPSA) is 128 Å². The van der Waals surface area contributed by atoms with Gasteiger partial charge in [-0.1, -0.05) is 35.9 Å². The quantitative estimate of drug-likeness (QED) is 0.292. The predicted octanol–water partition coefficient (Wildman–Crippen LogP) is 5.92. The van der Waals surface area contributed by atoms with Crippen molar-refractivity contribution in [3.63, 3.8) is 0 Å². The summed E-state index contributed by atoms with van der Waals surface area (Å²) in [7, 11) is 1.27. The van der Waals surface area contributed by atoms with Gasteiger partial charge in [0.2, 0.25) is 5.91 Å². The van der Waals surface area contributed by atoms with Gasteiger partial charge in [0.15, 0.2) is 0 Å². The second-order valence-electron chi connectivity index (χ2n) is 9.50. The molecule has 1 aromatic heterocycles. The number of nitrogens with one attached hydrogen (secondary N) is 4. The number of nitrogens with zero attached hydrogens (tertiary/aromatic N) is 2. The fourth-order valence-corrected chi connectivity index (χ4v) is 5.10. The highest BCUT2D eigenvalue weighted by molar-refractivity contribution is 6.30. The number of carbonyl (C=O) groups excluding carboxylic acids is 3. The normalized spacial score (nSPS) is 20.1. The lowest BCUT2D eigenvalue weighted by atomic mass is 10.00. The molecule has 2 aromatic carbocycles. The summed E-state index contributed by atoms with van der Waals surface area (Å²) >= 11 is 5.96. The predicted molar refractivity (Wildman–Crippen MR) is 148 cm³/mol. The van der Waals surface area contributed by atoms with E-state index in [2.05, 4.69) is 30.7 Å². The minimum absolute atomic E-state index is 0.0131. The molecule has 40 heavy (non-hydrogen) atoms. The van der Waals surface area contributed by atoms with Gasteiger partial charge in [0.25, 0.3) is 0 Å². The Bertz CT molecular complexity index is 1470. The second kappa shape index (κ2) is 11.8. The number of allylic oxidation sites excluding steroid dienone is 1. The molecular formula is C28H28ClFN6O4. The van der Waals surface area contributed by atoms with Crippen LogP contribution in [0.2, 0.25) is 5.02 Å². The van der Waals surface area contributed by atoms with Crippen LogP contribution in [0.4, 0.5) is 25.4 Å². The van der Waals surface area contributed by atoms with Crippen molar-refractivity contribution in [1.29, 1.82) is 0 Å². The first kappa shape index (κ1) is 27.2. The van der Waals surface area contributed by atoms with E-state index >= 15 is 0 Å². The average Bonchev–Trinajstić information content (AvgIpc) is 3.42. The second-order valence-corrected chi connectivity index (χ2v) is 9.90. The number of anilines is 2. The molecule has 1 unspecified atom stereocenters. The molecule has 4 N–H and O–H groups in total. The number of halogens is 2. The minimum atomic E-state index is -0.632. The highest BCUT2D eigenvalue weighted by Gasteiger charge is 2.34. The number of imidazole rings is 1. The van der Waals surface area contributed by atoms with Crippen LogP contribution in [-0.2, 0) is 9.53 Å². The summed E-state index contributed by atoms with van der Waals surface area (Å²) in [6.45, 7) is 0.371. The Morgan fingerprint density at radius 1 is 1.23 bits per heavy atom. The summed E-state index contributed by atoms with van der Waals surface area (Å²) in [6, 6.07) is 8.58. The fourth-order valence-electron chi connectivity index (χ4n) is 4.92. The molecule has 5 rings (SSSR count). The molecule has 1 saturated heterocycles. The molecule has 3 aromatic rings. The van der Waals surface area contributed by atoms with Crippen LogP contribution in [0.15, 0.2) is 54.7 Å². The molecule has 4 amide bonds. The summed E-state index contributed by atoms with van der Waals surface area (Å²) in [6.07, 6.45) is 6.53. The Balaban J connectivity index is 1.44. The molecule has 0 saturated carbocycles. The number of methoxy groups -OCH3 is 1. The lowest BCUT2D eigenvalue weighted by Gasteiger charge is -2.37. The molecule has 208 valence electrons. The Hall–Kier alpha value is -4.38. The summed E-state index contributed by atoms with van der Waals surface area (Å²) < 4.78 is 19.3. The van der Waals surface area contributed by atoms with Gasteiger partial charge in [0.1, 0.15) is 11.6 Å². The van der Waals surface area contributed by atoms with Crippen molar-refractivity contribution >= 4 is 41.0 Å². The van der Waals surface area contributed by atoms with Crippen LogP contribution in [0.1, 0.15) is 49.2 Å². The number of aromatic amines is 1. The number of aromatic nitrogens is 2. The number of hydrogen-bond donors (Lipinski definition) is 4. The molecule has 2 aliphatic heterocycles. The zero-order valence-electron chi connectivity index (χ0n) is 21.7. The first-order chi connectivity index (χ1) is 19.3. The number of carbonyl (C=O) groups is 3. The summed E-state index contributed by atoms with van der Waals surface area (Å²) in [5.74, 6) is -0.155. The molecule has 2 atom stereocenters. The van der Waals surface area contributed by atoms with Gasteiger partial charge >= 0.3 is 12.1 Å². The Labute approximate surface area is 234 Å². The number of amides is 4. The molecule has 12 heteroatoms. The van der Waals surface area contributed by atoms with E-state index in [1.54, 1.807) is 41.4 Å². The van der Waals surface area contributed by atoms with Crippen LogP contribution < -0.4 is 16.0 Å². The number of ether oxygens (including phenoxy) is 1. The summed E-state index contributed by atoms with van der Waals surface area (Å²) in [4.78, 5) is 47.3. The number of benzene rings is 2. The van der Waals surface area contributed by atoms with Crippen LogP contribution in [0, 0.1) is 5.82 Å². The maximum Gasteiger partial charge on any atom is 0.411 e. The van der Waals surface area contributed by atoms with E-state index in [1.807, 2.05) is 12.2 Å². The van der Waals surface area contributed by atoms with Crippen molar-refractivity contribution in [2.45, 2.75) is 37.8 Å². The van der Waals surface area contributed by atoms with Crippen LogP contribution >= 0.6 is 11.6 Å². The maximum atomic E-state index is 14.6. The molecule has 0 radical (unpaired) electrons. The number of rotatable bonds is 3. The zero-order chi connectivity index (χ0) is 28.2. The maximum absolute atomic E-state index is 14.6. The number of fused-ring (bicyclic) bond motifs is 4. The molecule has 1 fully saturated rings. The van der Waals surface area contributed by atoms with Crippen molar-refractivity contribution in [1.82, 2.24) is 20.2 Å². The van der Waals surface area contributed by atoms with E-state index in [9.17, 15) is 18.8 Å². The first-order valence-electron chi connectivity index (χ1n) is 12.8. The molecule has 3 heterocycles. The lowest BCUT2D eigenvalue weighted by Crippen LogP contribution is -2.49. The van der Waals surface area contributed by atoms with Crippen molar-refractivity contribution < 1.29 is 23.5 Å². The van der Waals surface area contributed by atoms with Gasteiger partial charge in [-0.05, 0) is 43.5 Å². The zero-order valence-corrected chi connectivity index (χ0v) is 22.4. The van der Waals surface area contributed by atoms with Crippen molar-refractivity contribution in [3.8, 4) is 11.3 Å². The van der Waals surface area contributed by atoms with Crippen LogP contribution in [-0.4, -0.2) is 46.6 Å². The van der Waals surface area contributed by atoms with E-state index in [1.165, 1.54) is 13.2 Å². The van der Waals surface area contributed by atoms with E-state index in [0.717, 1.165) is 0 Å². The Morgan fingerprint density at radius 3 is 2.88 bits per heavy atom. The van der Waals surface area contributed by atoms with Crippen LogP contribution in [0.25, 0.3) is 11.3 Å². The third-order valence-corrected chi connectivity index (χ3v) is 7.23. The van der Waals surface area contributed by atoms with Crippen LogP contribution in [0.3, 0.4) is 0 Å². The molecule has 2 aliphatic rings. The lowest BCUT2D eigenvalue weighted by molar-refractivity contribution is -0.116. The van der Waals surface area contributed by atoms with E-state index in [-0.39, 0.29) is 23.4 Å². The van der Waals surface area contributed by atoms with Crippen LogP contribution in [0.5, 0.6) is 0 Å². The number of urea groups is 1. The third-order valence-electron chi connectivity index (χ3n) is 6.94. The molecule has 0 spiro atoms. The van der Waals surface area contributed by atoms with Crippen molar-refractivity contribution in [2.24, 2.45) is 0 Å². The highest BCUT2D eigenvalue weighted by atomic mass is 35.5. The summed E-state index contributed by atoms with van der Waals surface area (Å²) in [5, 5.41) is 8.44. The summed E-state index contributed by atoms with van der Waals surface area (Å²) in [5.41, 5.74) is 2.57. The fraction of sp³-hybridized carbons (Fsp3) is 0.286. The molecule has 2 bridgehead atoms. The van der Waals surface area contributed by atoms with Crippen molar-refractivity contribution in [3.05, 3.63) is 77.0 Å². The van der Waals surface area contributed by atoms with Gasteiger partial charge in [-0.15, -0.1) is 0 Å². The molecular weight excluding hydrogens is 539 g/mol. The van der Waals surface area contributed by atoms with Gasteiger partial charge in [0.05, 0.1) is 41.8 Å². The minimum Gasteiger partial charge on any atom is -0.453 e. The Morgan fingerprint density at radius 2 is 2.08 bits per heavy atom. The van der Waals surface area contributed by atoms with Gasteiger partial charge in [-0.3, -0.25) is 10.1 Å². The molecule has 10 nitrogen and oxygen atoms in total. The first-order valence-corrected chi connectivity index (χ1v) is 13.2. The van der Waals surface area contributed by atoms with Gasteiger partial charge in [-0.2, -0.15) is 0 Å².